The maximum atomic E-state index is 11.0. The van der Waals surface area contributed by atoms with Crippen molar-refractivity contribution in [1.29, 1.82) is 10.7 Å². The summed E-state index contributed by atoms with van der Waals surface area (Å²) in [5.74, 6) is -0.195. The van der Waals surface area contributed by atoms with E-state index in [0.29, 0.717) is 17.2 Å². The average Bonchev–Trinajstić information content (AvgIpc) is 2.52. The largest absolute Gasteiger partial charge is 0.495 e. The molecule has 0 saturated heterocycles. The molecule has 22 heavy (non-hydrogen) atoms. The number of methoxy groups -OCH3 is 2. The van der Waals surface area contributed by atoms with Gasteiger partial charge >= 0.3 is 5.97 Å². The molecule has 0 amide bonds. The van der Waals surface area contributed by atoms with Crippen LogP contribution in [0, 0.1) is 16.7 Å². The van der Waals surface area contributed by atoms with Crippen LogP contribution in [0.4, 0.5) is 5.69 Å². The van der Waals surface area contributed by atoms with Crippen molar-refractivity contribution < 1.29 is 19.0 Å². The highest BCUT2D eigenvalue weighted by molar-refractivity contribution is 6.45. The molecule has 116 valence electrons. The Balaban J connectivity index is 2.94. The Morgan fingerprint density at radius 3 is 2.77 bits per heavy atom. The summed E-state index contributed by atoms with van der Waals surface area (Å²) in [6.07, 6.45) is 0. The van der Waals surface area contributed by atoms with Crippen LogP contribution in [0.1, 0.15) is 0 Å². The molecule has 0 aliphatic rings. The first kappa shape index (κ1) is 16.8. The van der Waals surface area contributed by atoms with Crippen molar-refractivity contribution in [2.45, 2.75) is 0 Å². The van der Waals surface area contributed by atoms with Gasteiger partial charge in [0.15, 0.2) is 12.4 Å². The standard InChI is InChI=1S/C13H15N5O4/c1-20-11-4-3-8(22-7-12(19)21-2)5-9(11)17-18-10(6-14)13(15)16/h3-5,17H,7H2,1-2H3,(H3,15,16)/b18-10+. The van der Waals surface area contributed by atoms with Crippen LogP contribution in [0.5, 0.6) is 11.5 Å². The van der Waals surface area contributed by atoms with Crippen molar-refractivity contribution in [3.63, 3.8) is 0 Å². The van der Waals surface area contributed by atoms with Crippen LogP contribution in [-0.4, -0.2) is 38.3 Å². The van der Waals surface area contributed by atoms with Crippen LogP contribution < -0.4 is 20.6 Å². The molecular formula is C13H15N5O4. The van der Waals surface area contributed by atoms with Gasteiger partial charge in [0.1, 0.15) is 23.3 Å². The molecule has 1 aromatic rings. The zero-order valence-corrected chi connectivity index (χ0v) is 12.0. The quantitative estimate of drug-likeness (QED) is 0.287. The van der Waals surface area contributed by atoms with E-state index >= 15 is 0 Å². The number of hydrazone groups is 1. The normalized spacial score (nSPS) is 10.3. The van der Waals surface area contributed by atoms with Crippen molar-refractivity contribution in [2.24, 2.45) is 10.8 Å². The summed E-state index contributed by atoms with van der Waals surface area (Å²) in [5.41, 5.74) is 7.85. The molecule has 0 fully saturated rings. The lowest BCUT2D eigenvalue weighted by atomic mass is 10.3. The Morgan fingerprint density at radius 1 is 1.50 bits per heavy atom. The number of esters is 1. The minimum Gasteiger partial charge on any atom is -0.495 e. The van der Waals surface area contributed by atoms with Crippen LogP contribution in [-0.2, 0) is 9.53 Å². The number of amidine groups is 1. The third kappa shape index (κ3) is 4.68. The number of nitrogens with zero attached hydrogens (tertiary/aromatic N) is 2. The van der Waals surface area contributed by atoms with E-state index in [1.165, 1.54) is 20.3 Å². The van der Waals surface area contributed by atoms with E-state index in [0.717, 1.165) is 0 Å². The van der Waals surface area contributed by atoms with Gasteiger partial charge in [-0.2, -0.15) is 10.4 Å². The molecule has 0 saturated carbocycles. The van der Waals surface area contributed by atoms with E-state index in [2.05, 4.69) is 15.3 Å². The van der Waals surface area contributed by atoms with Crippen molar-refractivity contribution in [3.8, 4) is 17.6 Å². The van der Waals surface area contributed by atoms with Gasteiger partial charge in [0.2, 0.25) is 5.71 Å². The number of nitrogens with one attached hydrogen (secondary N) is 2. The van der Waals surface area contributed by atoms with Gasteiger partial charge in [-0.1, -0.05) is 0 Å². The minimum atomic E-state index is -0.522. The second-order valence-corrected chi connectivity index (χ2v) is 3.82. The zero-order chi connectivity index (χ0) is 16.5. The van der Waals surface area contributed by atoms with Gasteiger partial charge in [0.05, 0.1) is 14.2 Å². The molecule has 9 nitrogen and oxygen atoms in total. The first-order valence-electron chi connectivity index (χ1n) is 5.97. The van der Waals surface area contributed by atoms with Gasteiger partial charge in [-0.05, 0) is 12.1 Å². The molecule has 0 radical (unpaired) electrons. The predicted molar refractivity (Wildman–Crippen MR) is 79.1 cm³/mol. The van der Waals surface area contributed by atoms with E-state index in [4.69, 9.17) is 25.9 Å². The fraction of sp³-hybridized carbons (Fsp3) is 0.231. The molecule has 1 rings (SSSR count). The highest BCUT2D eigenvalue weighted by atomic mass is 16.6. The Hall–Kier alpha value is -3.28. The van der Waals surface area contributed by atoms with Gasteiger partial charge in [-0.25, -0.2) is 4.79 Å². The van der Waals surface area contributed by atoms with Gasteiger partial charge in [0, 0.05) is 6.07 Å². The second kappa shape index (κ2) is 8.11. The minimum absolute atomic E-state index is 0.248. The third-order valence-corrected chi connectivity index (χ3v) is 2.40. The molecule has 0 unspecified atom stereocenters. The van der Waals surface area contributed by atoms with Crippen LogP contribution in [0.25, 0.3) is 0 Å². The summed E-state index contributed by atoms with van der Waals surface area (Å²) in [7, 11) is 2.71. The van der Waals surface area contributed by atoms with Gasteiger partial charge < -0.3 is 19.9 Å². The van der Waals surface area contributed by atoms with Gasteiger partial charge in [-0.3, -0.25) is 10.8 Å². The number of hydrogen-bond acceptors (Lipinski definition) is 8. The third-order valence-electron chi connectivity index (χ3n) is 2.40. The molecule has 0 bridgehead atoms. The summed E-state index contributed by atoms with van der Waals surface area (Å²) in [4.78, 5) is 11.0. The zero-order valence-electron chi connectivity index (χ0n) is 12.0. The number of nitriles is 1. The number of ether oxygens (including phenoxy) is 3. The van der Waals surface area contributed by atoms with Crippen LogP contribution in [0.3, 0.4) is 0 Å². The summed E-state index contributed by atoms with van der Waals surface area (Å²) in [6.45, 7) is -0.248. The number of carbonyl (C=O) groups is 1. The maximum absolute atomic E-state index is 11.0. The number of carbonyl (C=O) groups excluding carboxylic acids is 1. The Morgan fingerprint density at radius 2 is 2.23 bits per heavy atom. The molecule has 1 aromatic carbocycles. The monoisotopic (exact) mass is 305 g/mol. The topological polar surface area (TPSA) is 143 Å². The summed E-state index contributed by atoms with van der Waals surface area (Å²) in [5, 5.41) is 19.7. The van der Waals surface area contributed by atoms with Crippen molar-refractivity contribution in [1.82, 2.24) is 0 Å². The smallest absolute Gasteiger partial charge is 0.343 e. The number of hydrogen-bond donors (Lipinski definition) is 3. The molecule has 9 heteroatoms. The summed E-state index contributed by atoms with van der Waals surface area (Å²) < 4.78 is 14.8. The molecule has 0 spiro atoms. The van der Waals surface area contributed by atoms with Gasteiger partial charge in [-0.15, -0.1) is 0 Å². The highest BCUT2D eigenvalue weighted by Crippen LogP contribution is 2.29. The Labute approximate surface area is 126 Å². The molecule has 4 N–H and O–H groups in total. The Kier molecular flexibility index (Phi) is 6.18. The fourth-order valence-corrected chi connectivity index (χ4v) is 1.33. The molecule has 0 aromatic heterocycles. The van der Waals surface area contributed by atoms with E-state index < -0.39 is 11.8 Å². The lowest BCUT2D eigenvalue weighted by Gasteiger charge is -2.11. The summed E-state index contributed by atoms with van der Waals surface area (Å²) >= 11 is 0. The van der Waals surface area contributed by atoms with E-state index in [-0.39, 0.29) is 12.3 Å². The lowest BCUT2D eigenvalue weighted by Crippen LogP contribution is -2.21. The lowest BCUT2D eigenvalue weighted by molar-refractivity contribution is -0.142. The fourth-order valence-electron chi connectivity index (χ4n) is 1.33. The van der Waals surface area contributed by atoms with Crippen molar-refractivity contribution in [2.75, 3.05) is 26.3 Å². The summed E-state index contributed by atoms with van der Waals surface area (Å²) in [6, 6.07) is 6.37. The number of nitrogens with two attached hydrogens (primary N) is 1. The van der Waals surface area contributed by atoms with Crippen LogP contribution in [0.15, 0.2) is 23.3 Å². The molecule has 0 atom stereocenters. The van der Waals surface area contributed by atoms with E-state index in [9.17, 15) is 4.79 Å². The molecule has 0 heterocycles. The first-order valence-corrected chi connectivity index (χ1v) is 5.97. The van der Waals surface area contributed by atoms with E-state index in [1.54, 1.807) is 18.2 Å². The predicted octanol–water partition coefficient (Wildman–Crippen LogP) is 0.474. The average molecular weight is 305 g/mol. The van der Waals surface area contributed by atoms with Crippen molar-refractivity contribution in [3.05, 3.63) is 18.2 Å². The molecule has 0 aliphatic heterocycles. The highest BCUT2D eigenvalue weighted by Gasteiger charge is 2.08. The maximum Gasteiger partial charge on any atom is 0.343 e. The SMILES string of the molecule is COC(=O)COc1ccc(OC)c(N/N=C(\C#N)C(=N)N)c1. The number of rotatable bonds is 7. The molecular weight excluding hydrogens is 290 g/mol. The molecule has 0 aliphatic carbocycles. The first-order chi connectivity index (χ1) is 10.5. The number of benzene rings is 1. The number of anilines is 1. The van der Waals surface area contributed by atoms with Gasteiger partial charge in [0.25, 0.3) is 0 Å². The van der Waals surface area contributed by atoms with E-state index in [1.807, 2.05) is 0 Å². The Bertz CT molecular complexity index is 636. The second-order valence-electron chi connectivity index (χ2n) is 3.82. The van der Waals surface area contributed by atoms with Crippen LogP contribution in [0.2, 0.25) is 0 Å². The van der Waals surface area contributed by atoms with Crippen LogP contribution >= 0.6 is 0 Å². The van der Waals surface area contributed by atoms with Crippen molar-refractivity contribution >= 4 is 23.2 Å².